The van der Waals surface area contributed by atoms with E-state index in [1.54, 1.807) is 23.7 Å². The quantitative estimate of drug-likeness (QED) is 0.499. The lowest BCUT2D eigenvalue weighted by Gasteiger charge is -2.32. The number of nitrogens with zero attached hydrogens (tertiary/aromatic N) is 3. The maximum Gasteiger partial charge on any atom is 0.228 e. The van der Waals surface area contributed by atoms with Crippen LogP contribution >= 0.6 is 11.3 Å². The molecule has 4 rings (SSSR count). The largest absolute Gasteiger partial charge is 0.494 e. The van der Waals surface area contributed by atoms with E-state index in [-0.39, 0.29) is 5.91 Å². The first kappa shape index (κ1) is 22.5. The van der Waals surface area contributed by atoms with Gasteiger partial charge in [-0.15, -0.1) is 11.3 Å². The summed E-state index contributed by atoms with van der Waals surface area (Å²) in [5, 5.41) is 4.96. The van der Waals surface area contributed by atoms with Gasteiger partial charge in [-0.1, -0.05) is 12.1 Å². The Morgan fingerprint density at radius 1 is 1.12 bits per heavy atom. The molecule has 1 amide bonds. The van der Waals surface area contributed by atoms with Crippen molar-refractivity contribution < 1.29 is 9.53 Å². The number of rotatable bonds is 9. The maximum atomic E-state index is 12.5. The van der Waals surface area contributed by atoms with Gasteiger partial charge >= 0.3 is 0 Å². The first-order valence-electron chi connectivity index (χ1n) is 11.1. The van der Waals surface area contributed by atoms with Crippen molar-refractivity contribution in [1.82, 2.24) is 14.8 Å². The smallest absolute Gasteiger partial charge is 0.228 e. The van der Waals surface area contributed by atoms with Crippen LogP contribution in [0.25, 0.3) is 10.4 Å². The first-order chi connectivity index (χ1) is 15.7. The number of anilines is 1. The molecule has 6 nitrogen and oxygen atoms in total. The number of carbonyl (C=O) groups is 1. The van der Waals surface area contributed by atoms with Crippen LogP contribution in [0.1, 0.15) is 12.0 Å². The van der Waals surface area contributed by atoms with Gasteiger partial charge < -0.3 is 19.9 Å². The number of hydrogen-bond acceptors (Lipinski definition) is 6. The number of ether oxygens (including phenoxy) is 1. The maximum absolute atomic E-state index is 12.5. The van der Waals surface area contributed by atoms with Crippen molar-refractivity contribution in [2.45, 2.75) is 12.8 Å². The number of piperazine rings is 1. The average molecular weight is 451 g/mol. The number of thiophene rings is 1. The molecule has 0 unspecified atom stereocenters. The van der Waals surface area contributed by atoms with Crippen LogP contribution in [0.4, 0.5) is 5.69 Å². The lowest BCUT2D eigenvalue weighted by molar-refractivity contribution is -0.115. The Morgan fingerprint density at radius 2 is 1.94 bits per heavy atom. The third kappa shape index (κ3) is 6.63. The summed E-state index contributed by atoms with van der Waals surface area (Å²) >= 11 is 1.61. The Kier molecular flexibility index (Phi) is 7.87. The van der Waals surface area contributed by atoms with Crippen molar-refractivity contribution in [3.63, 3.8) is 0 Å². The zero-order valence-corrected chi connectivity index (χ0v) is 19.3. The topological polar surface area (TPSA) is 57.7 Å². The SMILES string of the molecule is CN1CCN(CCCOc2cccc(CC(=O)Nc3csc(-c4ccncc4)c3)c2)CC1. The summed E-state index contributed by atoms with van der Waals surface area (Å²) in [4.78, 5) is 22.5. The number of carbonyl (C=O) groups excluding carboxylic acids is 1. The average Bonchev–Trinajstić information content (AvgIpc) is 3.27. The van der Waals surface area contributed by atoms with E-state index in [0.717, 1.165) is 66.6 Å². The number of nitrogens with one attached hydrogen (secondary N) is 1. The molecule has 3 heterocycles. The Bertz CT molecular complexity index is 1000. The number of pyridine rings is 1. The monoisotopic (exact) mass is 450 g/mol. The molecular formula is C25H30N4O2S. The molecule has 0 bridgehead atoms. The summed E-state index contributed by atoms with van der Waals surface area (Å²) in [6.45, 7) is 6.31. The summed E-state index contributed by atoms with van der Waals surface area (Å²) < 4.78 is 5.94. The number of amides is 1. The van der Waals surface area contributed by atoms with E-state index in [1.165, 1.54) is 0 Å². The van der Waals surface area contributed by atoms with Crippen molar-refractivity contribution in [3.8, 4) is 16.2 Å². The lowest BCUT2D eigenvalue weighted by atomic mass is 10.1. The molecule has 0 saturated carbocycles. The summed E-state index contributed by atoms with van der Waals surface area (Å²) in [5.41, 5.74) is 2.87. The van der Waals surface area contributed by atoms with Crippen LogP contribution in [0.5, 0.6) is 5.75 Å². The highest BCUT2D eigenvalue weighted by Gasteiger charge is 2.13. The van der Waals surface area contributed by atoms with Crippen LogP contribution in [0, 0.1) is 0 Å². The van der Waals surface area contributed by atoms with Crippen LogP contribution in [0.3, 0.4) is 0 Å². The Morgan fingerprint density at radius 3 is 2.75 bits per heavy atom. The minimum Gasteiger partial charge on any atom is -0.494 e. The predicted molar refractivity (Wildman–Crippen MR) is 130 cm³/mol. The number of benzene rings is 1. The Hall–Kier alpha value is -2.74. The zero-order chi connectivity index (χ0) is 22.2. The van der Waals surface area contributed by atoms with Crippen molar-refractivity contribution in [2.24, 2.45) is 0 Å². The van der Waals surface area contributed by atoms with Crippen LogP contribution in [-0.2, 0) is 11.2 Å². The van der Waals surface area contributed by atoms with Gasteiger partial charge in [0.1, 0.15) is 5.75 Å². The van der Waals surface area contributed by atoms with Crippen molar-refractivity contribution >= 4 is 22.9 Å². The van der Waals surface area contributed by atoms with Crippen molar-refractivity contribution in [3.05, 3.63) is 65.8 Å². The van der Waals surface area contributed by atoms with E-state index in [4.69, 9.17) is 4.74 Å². The standard InChI is InChI=1S/C25H30N4O2S/c1-28-11-13-29(14-12-28)10-3-15-31-23-5-2-4-20(16-23)17-25(30)27-22-18-24(32-19-22)21-6-8-26-9-7-21/h2,4-9,16,18-19H,3,10-15,17H2,1H3,(H,27,30). The van der Waals surface area contributed by atoms with Crippen LogP contribution < -0.4 is 10.1 Å². The molecule has 0 atom stereocenters. The van der Waals surface area contributed by atoms with E-state index >= 15 is 0 Å². The van der Waals surface area contributed by atoms with Gasteiger partial charge in [-0.25, -0.2) is 0 Å². The molecule has 7 heteroatoms. The minimum atomic E-state index is -0.0312. The highest BCUT2D eigenvalue weighted by molar-refractivity contribution is 7.14. The number of aromatic nitrogens is 1. The highest BCUT2D eigenvalue weighted by atomic mass is 32.1. The van der Waals surface area contributed by atoms with Gasteiger partial charge in [0.25, 0.3) is 0 Å². The third-order valence-electron chi connectivity index (χ3n) is 5.59. The first-order valence-corrected chi connectivity index (χ1v) is 11.9. The molecule has 0 aliphatic carbocycles. The van der Waals surface area contributed by atoms with E-state index < -0.39 is 0 Å². The van der Waals surface area contributed by atoms with Gasteiger partial charge in [0.2, 0.25) is 5.91 Å². The molecule has 1 aromatic carbocycles. The normalized spacial score (nSPS) is 14.9. The summed E-state index contributed by atoms with van der Waals surface area (Å²) in [7, 11) is 2.17. The second kappa shape index (κ2) is 11.2. The molecule has 0 spiro atoms. The second-order valence-electron chi connectivity index (χ2n) is 8.15. The molecule has 1 N–H and O–H groups in total. The molecule has 3 aromatic rings. The summed E-state index contributed by atoms with van der Waals surface area (Å²) in [5.74, 6) is 0.792. The Balaban J connectivity index is 1.22. The number of hydrogen-bond donors (Lipinski definition) is 1. The minimum absolute atomic E-state index is 0.0312. The van der Waals surface area contributed by atoms with Gasteiger partial charge in [0, 0.05) is 55.4 Å². The van der Waals surface area contributed by atoms with Gasteiger partial charge in [-0.3, -0.25) is 9.78 Å². The summed E-state index contributed by atoms with van der Waals surface area (Å²) in [6.07, 6.45) is 4.87. The fraction of sp³-hybridized carbons (Fsp3) is 0.360. The molecule has 1 aliphatic rings. The molecule has 2 aromatic heterocycles. The van der Waals surface area contributed by atoms with Crippen molar-refractivity contribution in [2.75, 3.05) is 51.7 Å². The fourth-order valence-electron chi connectivity index (χ4n) is 3.75. The van der Waals surface area contributed by atoms with Crippen molar-refractivity contribution in [1.29, 1.82) is 0 Å². The fourth-order valence-corrected chi connectivity index (χ4v) is 4.60. The van der Waals surface area contributed by atoms with Gasteiger partial charge in [-0.2, -0.15) is 0 Å². The predicted octanol–water partition coefficient (Wildman–Crippen LogP) is 4.01. The third-order valence-corrected chi connectivity index (χ3v) is 6.57. The Labute approximate surface area is 193 Å². The molecule has 1 fully saturated rings. The van der Waals surface area contributed by atoms with Gasteiger partial charge in [-0.05, 0) is 54.9 Å². The molecule has 1 saturated heterocycles. The second-order valence-corrected chi connectivity index (χ2v) is 9.07. The van der Waals surface area contributed by atoms with E-state index in [9.17, 15) is 4.79 Å². The molecule has 168 valence electrons. The molecule has 0 radical (unpaired) electrons. The van der Waals surface area contributed by atoms with Crippen LogP contribution in [0.2, 0.25) is 0 Å². The highest BCUT2D eigenvalue weighted by Crippen LogP contribution is 2.29. The van der Waals surface area contributed by atoms with E-state index in [0.29, 0.717) is 13.0 Å². The molecule has 1 aliphatic heterocycles. The van der Waals surface area contributed by atoms with Crippen LogP contribution in [-0.4, -0.2) is 67.1 Å². The van der Waals surface area contributed by atoms with Crippen LogP contribution in [0.15, 0.2) is 60.2 Å². The van der Waals surface area contributed by atoms with E-state index in [1.807, 2.05) is 47.8 Å². The number of likely N-dealkylation sites (N-methyl/N-ethyl adjacent to an activating group) is 1. The van der Waals surface area contributed by atoms with E-state index in [2.05, 4.69) is 27.1 Å². The molecular weight excluding hydrogens is 420 g/mol. The lowest BCUT2D eigenvalue weighted by Crippen LogP contribution is -2.44. The molecule has 32 heavy (non-hydrogen) atoms. The zero-order valence-electron chi connectivity index (χ0n) is 18.5. The summed E-state index contributed by atoms with van der Waals surface area (Å²) in [6, 6.07) is 13.8. The van der Waals surface area contributed by atoms with Gasteiger partial charge in [0.05, 0.1) is 18.7 Å². The van der Waals surface area contributed by atoms with Gasteiger partial charge in [0.15, 0.2) is 0 Å².